The van der Waals surface area contributed by atoms with Crippen molar-refractivity contribution in [2.24, 2.45) is 4.99 Å². The fourth-order valence-corrected chi connectivity index (χ4v) is 2.49. The van der Waals surface area contributed by atoms with Gasteiger partial charge in [-0.05, 0) is 36.8 Å². The highest BCUT2D eigenvalue weighted by molar-refractivity contribution is 6.43. The van der Waals surface area contributed by atoms with E-state index >= 15 is 0 Å². The van der Waals surface area contributed by atoms with Crippen molar-refractivity contribution in [3.8, 4) is 6.07 Å². The Hall–Kier alpha value is -3.66. The van der Waals surface area contributed by atoms with Crippen LogP contribution in [0.3, 0.4) is 0 Å². The van der Waals surface area contributed by atoms with Gasteiger partial charge in [0.2, 0.25) is 5.84 Å². The Morgan fingerprint density at radius 3 is 2.58 bits per heavy atom. The smallest absolute Gasteiger partial charge is 0.292 e. The van der Waals surface area contributed by atoms with Crippen molar-refractivity contribution in [1.29, 1.82) is 5.26 Å². The van der Waals surface area contributed by atoms with Crippen LogP contribution in [0, 0.1) is 11.3 Å². The highest BCUT2D eigenvalue weighted by Crippen LogP contribution is 2.16. The number of amidine groups is 1. The van der Waals surface area contributed by atoms with Crippen molar-refractivity contribution < 1.29 is 9.59 Å². The second kappa shape index (κ2) is 7.49. The summed E-state index contributed by atoms with van der Waals surface area (Å²) in [4.78, 5) is 29.0. The highest BCUT2D eigenvalue weighted by Gasteiger charge is 2.30. The van der Waals surface area contributed by atoms with E-state index in [1.54, 1.807) is 43.3 Å². The first kappa shape index (κ1) is 17.2. The Morgan fingerprint density at radius 1 is 1.23 bits per heavy atom. The van der Waals surface area contributed by atoms with Crippen LogP contribution in [0.5, 0.6) is 0 Å². The molecule has 2 aromatic carbocycles. The van der Waals surface area contributed by atoms with Crippen molar-refractivity contribution in [3.05, 3.63) is 60.2 Å². The van der Waals surface area contributed by atoms with Crippen LogP contribution in [-0.2, 0) is 16.0 Å². The van der Waals surface area contributed by atoms with Gasteiger partial charge in [0.25, 0.3) is 11.8 Å². The molecule has 0 bridgehead atoms. The third-order valence-corrected chi connectivity index (χ3v) is 3.84. The van der Waals surface area contributed by atoms with Gasteiger partial charge in [0.1, 0.15) is 6.04 Å². The zero-order valence-electron chi connectivity index (χ0n) is 14.1. The van der Waals surface area contributed by atoms with Crippen molar-refractivity contribution in [3.63, 3.8) is 0 Å². The lowest BCUT2D eigenvalue weighted by Gasteiger charge is -2.30. The lowest BCUT2D eigenvalue weighted by Crippen LogP contribution is -2.57. The molecule has 2 aromatic rings. The second-order valence-electron chi connectivity index (χ2n) is 5.76. The summed E-state index contributed by atoms with van der Waals surface area (Å²) < 4.78 is 0. The van der Waals surface area contributed by atoms with Crippen molar-refractivity contribution >= 4 is 29.0 Å². The van der Waals surface area contributed by atoms with Crippen LogP contribution in [0.2, 0.25) is 0 Å². The predicted octanol–water partition coefficient (Wildman–Crippen LogP) is 2.03. The van der Waals surface area contributed by atoms with Gasteiger partial charge in [0.05, 0.1) is 18.2 Å². The SMILES string of the molecule is CC1N=C(C(=O)Nc2ccc(CC#N)cc2)NN(c2ccccc2)C1=O. The van der Waals surface area contributed by atoms with E-state index in [0.29, 0.717) is 17.8 Å². The van der Waals surface area contributed by atoms with E-state index in [0.717, 1.165) is 5.56 Å². The zero-order valence-corrected chi connectivity index (χ0v) is 14.1. The van der Waals surface area contributed by atoms with Crippen molar-refractivity contribution in [1.82, 2.24) is 5.43 Å². The molecule has 1 aliphatic rings. The summed E-state index contributed by atoms with van der Waals surface area (Å²) in [5, 5.41) is 12.8. The molecule has 0 radical (unpaired) electrons. The number of nitriles is 1. The summed E-state index contributed by atoms with van der Waals surface area (Å²) >= 11 is 0. The quantitative estimate of drug-likeness (QED) is 0.884. The fourth-order valence-electron chi connectivity index (χ4n) is 2.49. The Kier molecular flexibility index (Phi) is 4.94. The maximum atomic E-state index is 12.5. The largest absolute Gasteiger partial charge is 0.319 e. The number of hydrazine groups is 1. The standard InChI is InChI=1S/C19H17N5O2/c1-13-19(26)24(16-5-3-2-4-6-16)23-17(21-13)18(25)22-15-9-7-14(8-10-15)11-12-20/h2-10,13H,11H2,1H3,(H,21,23)(H,22,25). The van der Waals surface area contributed by atoms with E-state index in [9.17, 15) is 9.59 Å². The number of aliphatic imine (C=N–C) groups is 1. The third kappa shape index (κ3) is 3.70. The van der Waals surface area contributed by atoms with Gasteiger partial charge in [-0.2, -0.15) is 5.26 Å². The summed E-state index contributed by atoms with van der Waals surface area (Å²) in [6.07, 6.45) is 0.314. The van der Waals surface area contributed by atoms with Gasteiger partial charge >= 0.3 is 0 Å². The first-order chi connectivity index (χ1) is 12.6. The summed E-state index contributed by atoms with van der Waals surface area (Å²) in [5.41, 5.74) is 4.86. The van der Waals surface area contributed by atoms with Crippen LogP contribution in [-0.4, -0.2) is 23.7 Å². The average Bonchev–Trinajstić information content (AvgIpc) is 2.66. The van der Waals surface area contributed by atoms with Gasteiger partial charge in [-0.15, -0.1) is 0 Å². The number of nitrogens with one attached hydrogen (secondary N) is 2. The van der Waals surface area contributed by atoms with E-state index in [1.807, 2.05) is 18.2 Å². The minimum Gasteiger partial charge on any atom is -0.319 e. The Morgan fingerprint density at radius 2 is 1.92 bits per heavy atom. The third-order valence-electron chi connectivity index (χ3n) is 3.84. The number of amides is 2. The normalized spacial score (nSPS) is 16.3. The molecule has 0 aromatic heterocycles. The Labute approximate surface area is 150 Å². The first-order valence-corrected chi connectivity index (χ1v) is 8.09. The molecule has 1 unspecified atom stereocenters. The number of carbonyl (C=O) groups is 2. The number of para-hydroxylation sites is 1. The minimum atomic E-state index is -0.671. The van der Waals surface area contributed by atoms with Crippen molar-refractivity contribution in [2.75, 3.05) is 10.3 Å². The molecule has 7 nitrogen and oxygen atoms in total. The molecule has 0 saturated carbocycles. The zero-order chi connectivity index (χ0) is 18.5. The summed E-state index contributed by atoms with van der Waals surface area (Å²) in [7, 11) is 0. The molecular weight excluding hydrogens is 330 g/mol. The molecule has 1 heterocycles. The predicted molar refractivity (Wildman–Crippen MR) is 98.3 cm³/mol. The van der Waals surface area contributed by atoms with Crippen LogP contribution in [0.4, 0.5) is 11.4 Å². The number of nitrogens with zero attached hydrogens (tertiary/aromatic N) is 3. The number of hydrogen-bond acceptors (Lipinski definition) is 5. The van der Waals surface area contributed by atoms with Crippen LogP contribution in [0.25, 0.3) is 0 Å². The van der Waals surface area contributed by atoms with Gasteiger partial charge in [-0.25, -0.2) is 10.0 Å². The fraction of sp³-hybridized carbons (Fsp3) is 0.158. The molecule has 7 heteroatoms. The molecule has 3 rings (SSSR count). The maximum Gasteiger partial charge on any atom is 0.292 e. The van der Waals surface area contributed by atoms with Crippen molar-refractivity contribution in [2.45, 2.75) is 19.4 Å². The molecule has 0 saturated heterocycles. The lowest BCUT2D eigenvalue weighted by atomic mass is 10.1. The van der Waals surface area contributed by atoms with E-state index in [2.05, 4.69) is 21.8 Å². The van der Waals surface area contributed by atoms with E-state index in [-0.39, 0.29) is 11.7 Å². The van der Waals surface area contributed by atoms with Gasteiger partial charge in [-0.1, -0.05) is 30.3 Å². The lowest BCUT2D eigenvalue weighted by molar-refractivity contribution is -0.120. The maximum absolute atomic E-state index is 12.5. The molecule has 1 aliphatic heterocycles. The molecular formula is C19H17N5O2. The van der Waals surface area contributed by atoms with Crippen LogP contribution in [0.15, 0.2) is 59.6 Å². The van der Waals surface area contributed by atoms with Gasteiger partial charge in [-0.3, -0.25) is 15.0 Å². The minimum absolute atomic E-state index is 0.0575. The summed E-state index contributed by atoms with van der Waals surface area (Å²) in [6, 6.07) is 17.4. The molecule has 2 N–H and O–H groups in total. The topological polar surface area (TPSA) is 97.6 Å². The number of carbonyl (C=O) groups excluding carboxylic acids is 2. The van der Waals surface area contributed by atoms with E-state index in [4.69, 9.17) is 5.26 Å². The number of rotatable bonds is 4. The molecule has 1 atom stereocenters. The molecule has 0 fully saturated rings. The average molecular weight is 347 g/mol. The summed E-state index contributed by atoms with van der Waals surface area (Å²) in [6.45, 7) is 1.64. The first-order valence-electron chi connectivity index (χ1n) is 8.09. The van der Waals surface area contributed by atoms with Crippen LogP contribution >= 0.6 is 0 Å². The molecule has 0 spiro atoms. The second-order valence-corrected chi connectivity index (χ2v) is 5.76. The van der Waals surface area contributed by atoms with Gasteiger partial charge in [0, 0.05) is 5.69 Å². The van der Waals surface area contributed by atoms with Gasteiger partial charge in [0.15, 0.2) is 0 Å². The van der Waals surface area contributed by atoms with Crippen LogP contribution in [0.1, 0.15) is 12.5 Å². The molecule has 26 heavy (non-hydrogen) atoms. The molecule has 0 aliphatic carbocycles. The Bertz CT molecular complexity index is 884. The highest BCUT2D eigenvalue weighted by atomic mass is 16.2. The van der Waals surface area contributed by atoms with E-state index < -0.39 is 11.9 Å². The molecule has 2 amide bonds. The monoisotopic (exact) mass is 347 g/mol. The number of benzene rings is 2. The number of hydrogen-bond donors (Lipinski definition) is 2. The number of anilines is 2. The molecule has 130 valence electrons. The van der Waals surface area contributed by atoms with E-state index in [1.165, 1.54) is 5.01 Å². The van der Waals surface area contributed by atoms with Crippen LogP contribution < -0.4 is 15.8 Å². The summed E-state index contributed by atoms with van der Waals surface area (Å²) in [5.74, 6) is -0.631. The Balaban J connectivity index is 1.75. The van der Waals surface area contributed by atoms with Gasteiger partial charge < -0.3 is 5.32 Å².